The molecule has 1 aliphatic heterocycles. The van der Waals surface area contributed by atoms with Crippen LogP contribution < -0.4 is 20.1 Å². The maximum absolute atomic E-state index is 14.1. The van der Waals surface area contributed by atoms with Crippen LogP contribution in [0.15, 0.2) is 76.2 Å². The highest BCUT2D eigenvalue weighted by atomic mass is 32.2. The Kier molecular flexibility index (Phi) is 16.0. The Morgan fingerprint density at radius 1 is 0.967 bits per heavy atom. The van der Waals surface area contributed by atoms with Gasteiger partial charge in [0.05, 0.1) is 31.3 Å². The number of rotatable bonds is 21. The number of alkyl carbamates (subject to hydrolysis) is 1. The lowest BCUT2D eigenvalue weighted by molar-refractivity contribution is -0.145. The molecule has 0 saturated heterocycles. The minimum atomic E-state index is -4.16. The van der Waals surface area contributed by atoms with Crippen LogP contribution in [0.4, 0.5) is 4.79 Å². The van der Waals surface area contributed by atoms with Crippen LogP contribution >= 0.6 is 0 Å². The molecule has 3 aromatic carbocycles. The van der Waals surface area contributed by atoms with E-state index in [4.69, 9.17) is 29.2 Å². The lowest BCUT2D eigenvalue weighted by Crippen LogP contribution is -2.43. The molecule has 0 bridgehead atoms. The number of benzene rings is 3. The molecule has 322 valence electrons. The first-order valence-electron chi connectivity index (χ1n) is 20.0. The average molecular weight is 846 g/mol. The normalized spacial score (nSPS) is 14.4. The van der Waals surface area contributed by atoms with Gasteiger partial charge in [0.25, 0.3) is 10.0 Å². The summed E-state index contributed by atoms with van der Waals surface area (Å²) in [6, 6.07) is 14.9. The summed E-state index contributed by atoms with van der Waals surface area (Å²) in [6.07, 6.45) is 1.59. The van der Waals surface area contributed by atoms with Crippen molar-refractivity contribution < 1.29 is 41.7 Å². The summed E-state index contributed by atoms with van der Waals surface area (Å²) in [4.78, 5) is 33.7. The first-order chi connectivity index (χ1) is 28.8. The van der Waals surface area contributed by atoms with Gasteiger partial charge in [0.15, 0.2) is 0 Å². The number of amides is 1. The zero-order valence-electron chi connectivity index (χ0n) is 34.9. The summed E-state index contributed by atoms with van der Waals surface area (Å²) in [6.45, 7) is 14.5. The van der Waals surface area contributed by atoms with E-state index in [1.807, 2.05) is 69.3 Å². The number of esters is 1. The number of ether oxygens (including phenoxy) is 5. The van der Waals surface area contributed by atoms with Crippen molar-refractivity contribution in [2.24, 2.45) is 10.1 Å². The zero-order valence-corrected chi connectivity index (χ0v) is 35.7. The average Bonchev–Trinajstić information content (AvgIpc) is 3.73. The third-order valence-electron chi connectivity index (χ3n) is 10.3. The summed E-state index contributed by atoms with van der Waals surface area (Å²) in [5.74, 6) is -0.142. The quantitative estimate of drug-likeness (QED) is 0.0159. The van der Waals surface area contributed by atoms with Gasteiger partial charge in [-0.25, -0.2) is 22.7 Å². The number of carbonyl (C=O) groups is 2. The van der Waals surface area contributed by atoms with Crippen LogP contribution in [-0.2, 0) is 40.2 Å². The van der Waals surface area contributed by atoms with Crippen LogP contribution in [-0.4, -0.2) is 97.4 Å². The molecule has 3 N–H and O–H groups in total. The van der Waals surface area contributed by atoms with Crippen molar-refractivity contribution >= 4 is 28.0 Å². The van der Waals surface area contributed by atoms with E-state index in [1.165, 1.54) is 6.08 Å². The second-order valence-corrected chi connectivity index (χ2v) is 16.7. The number of nitrogens with zero attached hydrogens (tertiary/aromatic N) is 4. The predicted octanol–water partition coefficient (Wildman–Crippen LogP) is 6.31. The Balaban J connectivity index is 1.25. The molecule has 3 aromatic rings. The van der Waals surface area contributed by atoms with E-state index in [2.05, 4.69) is 37.0 Å². The number of aliphatic imine (C=N–C) groups is 1. The molecule has 1 amide bonds. The van der Waals surface area contributed by atoms with E-state index in [9.17, 15) is 18.0 Å². The molecule has 1 heterocycles. The van der Waals surface area contributed by atoms with E-state index in [-0.39, 0.29) is 88.9 Å². The van der Waals surface area contributed by atoms with Gasteiger partial charge in [0.2, 0.25) is 5.96 Å². The summed E-state index contributed by atoms with van der Waals surface area (Å²) in [7, 11) is -4.16. The monoisotopic (exact) mass is 845 g/mol. The van der Waals surface area contributed by atoms with Crippen LogP contribution in [0.3, 0.4) is 0 Å². The Labute approximate surface area is 351 Å². The molecule has 0 saturated carbocycles. The van der Waals surface area contributed by atoms with Crippen LogP contribution in [0.1, 0.15) is 66.0 Å². The SMILES string of the molecule is C=CCOC(=O)[C@H](CCCN=C(NCCOCCOCCN=[N+]=[N-])NS(=O)(=O)c1c(C)c(C)c2c(c1C)CC(C)(C)O2)NC(=O)OCC1c2ccccc2-c2ccccc21. The lowest BCUT2D eigenvalue weighted by atomic mass is 9.94. The summed E-state index contributed by atoms with van der Waals surface area (Å²) in [5.41, 5.74) is 15.0. The van der Waals surface area contributed by atoms with Crippen molar-refractivity contribution in [3.8, 4) is 16.9 Å². The van der Waals surface area contributed by atoms with E-state index in [1.54, 1.807) is 13.8 Å². The molecule has 16 nitrogen and oxygen atoms in total. The minimum Gasteiger partial charge on any atom is -0.487 e. The molecule has 0 unspecified atom stereocenters. The van der Waals surface area contributed by atoms with E-state index in [0.717, 1.165) is 33.4 Å². The van der Waals surface area contributed by atoms with Crippen LogP contribution in [0.2, 0.25) is 0 Å². The summed E-state index contributed by atoms with van der Waals surface area (Å²) >= 11 is 0. The molecule has 0 spiro atoms. The molecule has 5 rings (SSSR count). The second-order valence-electron chi connectivity index (χ2n) is 15.1. The van der Waals surface area contributed by atoms with Crippen molar-refractivity contribution in [2.45, 2.75) is 76.3 Å². The molecule has 0 aromatic heterocycles. The van der Waals surface area contributed by atoms with Crippen molar-refractivity contribution in [3.63, 3.8) is 0 Å². The summed E-state index contributed by atoms with van der Waals surface area (Å²) < 4.78 is 59.1. The molecular weight excluding hydrogens is 791 g/mol. The van der Waals surface area contributed by atoms with Crippen LogP contribution in [0.25, 0.3) is 21.6 Å². The molecule has 60 heavy (non-hydrogen) atoms. The van der Waals surface area contributed by atoms with Crippen molar-refractivity contribution in [3.05, 3.63) is 105 Å². The van der Waals surface area contributed by atoms with Gasteiger partial charge in [-0.1, -0.05) is 66.3 Å². The fourth-order valence-corrected chi connectivity index (χ4v) is 9.00. The number of fused-ring (bicyclic) bond motifs is 4. The van der Waals surface area contributed by atoms with Gasteiger partial charge in [-0.3, -0.25) is 4.99 Å². The van der Waals surface area contributed by atoms with Gasteiger partial charge in [-0.05, 0) is 91.9 Å². The van der Waals surface area contributed by atoms with Crippen molar-refractivity contribution in [1.82, 2.24) is 15.4 Å². The van der Waals surface area contributed by atoms with Crippen LogP contribution in [0.5, 0.6) is 5.75 Å². The van der Waals surface area contributed by atoms with Gasteiger partial charge < -0.3 is 34.3 Å². The largest absolute Gasteiger partial charge is 0.487 e. The molecular formula is C43H55N7O9S. The Hall–Kier alpha value is -5.61. The first kappa shape index (κ1) is 45.5. The minimum absolute atomic E-state index is 0.0203. The smallest absolute Gasteiger partial charge is 0.407 e. The number of nitrogens with one attached hydrogen (secondary N) is 3. The van der Waals surface area contributed by atoms with Gasteiger partial charge in [0.1, 0.15) is 30.6 Å². The topological polar surface area (TPSA) is 212 Å². The standard InChI is InChI=1S/C43H55N7O9S/c1-7-21-57-40(51)37(48-42(52)58-27-36-33-15-10-8-13-31(33)32-14-9-11-16-34(32)36)17-12-18-45-41(46-19-22-55-24-25-56-23-20-47-50-44)49-60(53,54)39-29(3)28(2)38-35(30(39)4)26-43(5,6)59-38/h7-11,13-16,36-37H,1,12,17-27H2,2-6H3,(H,48,52)(H2,45,46,49)/t37-/m0/s1. The van der Waals surface area contributed by atoms with Gasteiger partial charge in [0, 0.05) is 42.4 Å². The fourth-order valence-electron chi connectivity index (χ4n) is 7.42. The number of azide groups is 1. The molecule has 0 radical (unpaired) electrons. The third kappa shape index (κ3) is 11.6. The number of hydrogen-bond donors (Lipinski definition) is 3. The van der Waals surface area contributed by atoms with Crippen molar-refractivity contribution in [2.75, 3.05) is 59.3 Å². The predicted molar refractivity (Wildman–Crippen MR) is 228 cm³/mol. The molecule has 1 aliphatic carbocycles. The summed E-state index contributed by atoms with van der Waals surface area (Å²) in [5, 5.41) is 9.11. The Morgan fingerprint density at radius 3 is 2.30 bits per heavy atom. The van der Waals surface area contributed by atoms with E-state index in [0.29, 0.717) is 23.3 Å². The molecule has 2 aliphatic rings. The third-order valence-corrected chi connectivity index (χ3v) is 11.9. The van der Waals surface area contributed by atoms with E-state index >= 15 is 0 Å². The highest BCUT2D eigenvalue weighted by Gasteiger charge is 2.37. The van der Waals surface area contributed by atoms with Gasteiger partial charge in [-0.15, -0.1) is 0 Å². The number of hydrogen-bond acceptors (Lipinski definition) is 11. The lowest BCUT2D eigenvalue weighted by Gasteiger charge is -2.20. The molecule has 0 fully saturated rings. The Morgan fingerprint density at radius 2 is 1.63 bits per heavy atom. The van der Waals surface area contributed by atoms with Gasteiger partial charge in [-0.2, -0.15) is 0 Å². The fraction of sp³-hybridized carbons (Fsp3) is 0.465. The number of guanidine groups is 1. The number of carbonyl (C=O) groups excluding carboxylic acids is 2. The molecule has 1 atom stereocenters. The highest BCUT2D eigenvalue weighted by molar-refractivity contribution is 7.90. The maximum Gasteiger partial charge on any atom is 0.407 e. The number of sulfonamides is 1. The Bertz CT molecular complexity index is 2180. The second kappa shape index (κ2) is 21.1. The van der Waals surface area contributed by atoms with E-state index < -0.39 is 33.7 Å². The maximum atomic E-state index is 14.1. The highest BCUT2D eigenvalue weighted by Crippen LogP contribution is 2.45. The molecule has 17 heteroatoms. The zero-order chi connectivity index (χ0) is 43.3. The van der Waals surface area contributed by atoms with Gasteiger partial charge >= 0.3 is 12.1 Å². The van der Waals surface area contributed by atoms with Crippen LogP contribution in [0, 0.1) is 20.8 Å². The van der Waals surface area contributed by atoms with Crippen molar-refractivity contribution in [1.29, 1.82) is 0 Å². The first-order valence-corrected chi connectivity index (χ1v) is 21.4.